The SMILES string of the molecule is CNC1CCC(C)(C)CC1N(CCC(C)C)C1CC1. The summed E-state index contributed by atoms with van der Waals surface area (Å²) in [5.41, 5.74) is 0.531. The Kier molecular flexibility index (Phi) is 4.94. The molecule has 0 aromatic heterocycles. The van der Waals surface area contributed by atoms with Crippen molar-refractivity contribution in [2.75, 3.05) is 13.6 Å². The van der Waals surface area contributed by atoms with Gasteiger partial charge in [0.2, 0.25) is 0 Å². The summed E-state index contributed by atoms with van der Waals surface area (Å²) in [5.74, 6) is 0.825. The van der Waals surface area contributed by atoms with Gasteiger partial charge in [0.15, 0.2) is 0 Å². The number of nitrogens with zero attached hydrogens (tertiary/aromatic N) is 1. The largest absolute Gasteiger partial charge is 0.315 e. The average Bonchev–Trinajstić information content (AvgIpc) is 3.12. The van der Waals surface area contributed by atoms with E-state index in [0.717, 1.165) is 18.0 Å². The van der Waals surface area contributed by atoms with Gasteiger partial charge in [-0.05, 0) is 63.5 Å². The molecular formula is C17H34N2. The quantitative estimate of drug-likeness (QED) is 0.789. The summed E-state index contributed by atoms with van der Waals surface area (Å²) in [7, 11) is 2.16. The van der Waals surface area contributed by atoms with Crippen LogP contribution < -0.4 is 5.32 Å². The van der Waals surface area contributed by atoms with Crippen LogP contribution in [0.2, 0.25) is 0 Å². The van der Waals surface area contributed by atoms with Gasteiger partial charge in [-0.2, -0.15) is 0 Å². The molecular weight excluding hydrogens is 232 g/mol. The highest BCUT2D eigenvalue weighted by Crippen LogP contribution is 2.41. The molecule has 2 heteroatoms. The minimum Gasteiger partial charge on any atom is -0.315 e. The van der Waals surface area contributed by atoms with E-state index in [1.165, 1.54) is 45.1 Å². The van der Waals surface area contributed by atoms with Crippen LogP contribution in [-0.2, 0) is 0 Å². The molecule has 0 amide bonds. The minimum absolute atomic E-state index is 0.531. The van der Waals surface area contributed by atoms with Crippen molar-refractivity contribution in [2.24, 2.45) is 11.3 Å². The molecule has 2 fully saturated rings. The summed E-state index contributed by atoms with van der Waals surface area (Å²) < 4.78 is 0. The lowest BCUT2D eigenvalue weighted by molar-refractivity contribution is 0.0586. The van der Waals surface area contributed by atoms with Crippen LogP contribution >= 0.6 is 0 Å². The zero-order valence-corrected chi connectivity index (χ0v) is 13.7. The van der Waals surface area contributed by atoms with Crippen LogP contribution in [0, 0.1) is 11.3 Å². The second-order valence-electron chi connectivity index (χ2n) is 8.02. The number of rotatable bonds is 6. The molecule has 2 saturated carbocycles. The molecule has 0 aliphatic heterocycles. The van der Waals surface area contributed by atoms with Crippen LogP contribution in [0.15, 0.2) is 0 Å². The monoisotopic (exact) mass is 266 g/mol. The van der Waals surface area contributed by atoms with E-state index < -0.39 is 0 Å². The molecule has 2 aliphatic rings. The lowest BCUT2D eigenvalue weighted by Crippen LogP contribution is -2.55. The van der Waals surface area contributed by atoms with Gasteiger partial charge in [0.1, 0.15) is 0 Å². The molecule has 19 heavy (non-hydrogen) atoms. The van der Waals surface area contributed by atoms with Crippen molar-refractivity contribution in [3.8, 4) is 0 Å². The molecule has 0 radical (unpaired) electrons. The van der Waals surface area contributed by atoms with E-state index in [0.29, 0.717) is 11.5 Å². The van der Waals surface area contributed by atoms with Crippen molar-refractivity contribution in [1.29, 1.82) is 0 Å². The second kappa shape index (κ2) is 6.13. The number of hydrogen-bond donors (Lipinski definition) is 1. The Balaban J connectivity index is 2.03. The van der Waals surface area contributed by atoms with Crippen LogP contribution in [0.1, 0.15) is 66.2 Å². The van der Waals surface area contributed by atoms with Gasteiger partial charge >= 0.3 is 0 Å². The molecule has 0 aromatic carbocycles. The van der Waals surface area contributed by atoms with E-state index in [1.807, 2.05) is 0 Å². The summed E-state index contributed by atoms with van der Waals surface area (Å²) in [5, 5.41) is 3.60. The van der Waals surface area contributed by atoms with Crippen molar-refractivity contribution in [2.45, 2.75) is 84.3 Å². The Morgan fingerprint density at radius 3 is 2.42 bits per heavy atom. The third kappa shape index (κ3) is 4.19. The van der Waals surface area contributed by atoms with E-state index in [1.54, 1.807) is 0 Å². The Hall–Kier alpha value is -0.0800. The topological polar surface area (TPSA) is 15.3 Å². The Morgan fingerprint density at radius 1 is 1.21 bits per heavy atom. The fourth-order valence-electron chi connectivity index (χ4n) is 3.67. The van der Waals surface area contributed by atoms with Gasteiger partial charge in [0.25, 0.3) is 0 Å². The van der Waals surface area contributed by atoms with E-state index in [2.05, 4.69) is 45.0 Å². The number of hydrogen-bond acceptors (Lipinski definition) is 2. The van der Waals surface area contributed by atoms with Crippen molar-refractivity contribution in [1.82, 2.24) is 10.2 Å². The molecule has 2 rings (SSSR count). The van der Waals surface area contributed by atoms with Crippen LogP contribution in [0.4, 0.5) is 0 Å². The van der Waals surface area contributed by atoms with Crippen molar-refractivity contribution in [3.05, 3.63) is 0 Å². The molecule has 0 saturated heterocycles. The zero-order chi connectivity index (χ0) is 14.0. The highest BCUT2D eigenvalue weighted by Gasteiger charge is 2.42. The maximum Gasteiger partial charge on any atom is 0.0257 e. The summed E-state index contributed by atoms with van der Waals surface area (Å²) in [6.07, 6.45) is 8.31. The first-order valence-corrected chi connectivity index (χ1v) is 8.36. The zero-order valence-electron chi connectivity index (χ0n) is 13.7. The van der Waals surface area contributed by atoms with E-state index in [4.69, 9.17) is 0 Å². The first-order valence-electron chi connectivity index (χ1n) is 8.36. The fraction of sp³-hybridized carbons (Fsp3) is 1.00. The standard InChI is InChI=1S/C17H34N2/c1-13(2)9-11-19(14-6-7-14)16-12-17(3,4)10-8-15(16)18-5/h13-16,18H,6-12H2,1-5H3. The molecule has 0 heterocycles. The molecule has 1 N–H and O–H groups in total. The minimum atomic E-state index is 0.531. The van der Waals surface area contributed by atoms with E-state index in [-0.39, 0.29) is 0 Å². The third-order valence-corrected chi connectivity index (χ3v) is 5.14. The summed E-state index contributed by atoms with van der Waals surface area (Å²) in [6.45, 7) is 10.9. The molecule has 0 spiro atoms. The molecule has 0 bridgehead atoms. The van der Waals surface area contributed by atoms with Gasteiger partial charge in [-0.1, -0.05) is 27.7 Å². The molecule has 112 valence electrons. The number of likely N-dealkylation sites (N-methyl/N-ethyl adjacent to an activating group) is 1. The molecule has 2 unspecified atom stereocenters. The van der Waals surface area contributed by atoms with Crippen LogP contribution in [0.3, 0.4) is 0 Å². The van der Waals surface area contributed by atoms with Gasteiger partial charge in [-0.15, -0.1) is 0 Å². The normalized spacial score (nSPS) is 31.1. The Bertz CT molecular complexity index is 281. The van der Waals surface area contributed by atoms with Crippen molar-refractivity contribution < 1.29 is 0 Å². The molecule has 2 atom stereocenters. The molecule has 0 aromatic rings. The lowest BCUT2D eigenvalue weighted by Gasteiger charge is -2.46. The van der Waals surface area contributed by atoms with Crippen LogP contribution in [-0.4, -0.2) is 36.6 Å². The fourth-order valence-corrected chi connectivity index (χ4v) is 3.67. The molecule has 2 nitrogen and oxygen atoms in total. The van der Waals surface area contributed by atoms with Gasteiger partial charge in [0.05, 0.1) is 0 Å². The maximum absolute atomic E-state index is 3.60. The van der Waals surface area contributed by atoms with Gasteiger partial charge in [-0.25, -0.2) is 0 Å². The smallest absolute Gasteiger partial charge is 0.0257 e. The molecule has 2 aliphatic carbocycles. The summed E-state index contributed by atoms with van der Waals surface area (Å²) >= 11 is 0. The van der Waals surface area contributed by atoms with Crippen molar-refractivity contribution in [3.63, 3.8) is 0 Å². The predicted molar refractivity (Wildman–Crippen MR) is 83.5 cm³/mol. The van der Waals surface area contributed by atoms with E-state index in [9.17, 15) is 0 Å². The highest BCUT2D eigenvalue weighted by molar-refractivity contribution is 4.98. The van der Waals surface area contributed by atoms with Gasteiger partial charge in [0, 0.05) is 18.1 Å². The second-order valence-corrected chi connectivity index (χ2v) is 8.02. The van der Waals surface area contributed by atoms with E-state index >= 15 is 0 Å². The third-order valence-electron chi connectivity index (χ3n) is 5.14. The van der Waals surface area contributed by atoms with Crippen LogP contribution in [0.25, 0.3) is 0 Å². The van der Waals surface area contributed by atoms with Gasteiger partial charge in [-0.3, -0.25) is 4.90 Å². The summed E-state index contributed by atoms with van der Waals surface area (Å²) in [6, 6.07) is 2.37. The summed E-state index contributed by atoms with van der Waals surface area (Å²) in [4.78, 5) is 2.86. The first kappa shape index (κ1) is 15.3. The van der Waals surface area contributed by atoms with Gasteiger partial charge < -0.3 is 5.32 Å². The Labute approximate surface area is 120 Å². The predicted octanol–water partition coefficient (Wildman–Crippen LogP) is 3.66. The Morgan fingerprint density at radius 2 is 1.89 bits per heavy atom. The lowest BCUT2D eigenvalue weighted by atomic mass is 9.72. The average molecular weight is 266 g/mol. The number of nitrogens with one attached hydrogen (secondary N) is 1. The first-order chi connectivity index (χ1) is 8.93. The van der Waals surface area contributed by atoms with Crippen molar-refractivity contribution >= 4 is 0 Å². The maximum atomic E-state index is 3.60. The highest BCUT2D eigenvalue weighted by atomic mass is 15.2. The van der Waals surface area contributed by atoms with Crippen LogP contribution in [0.5, 0.6) is 0 Å².